The second-order valence-electron chi connectivity index (χ2n) is 6.62. The highest BCUT2D eigenvalue weighted by atomic mass is 16.5. The third-order valence-electron chi connectivity index (χ3n) is 4.19. The van der Waals surface area contributed by atoms with Gasteiger partial charge in [0.05, 0.1) is 11.7 Å². The predicted molar refractivity (Wildman–Crippen MR) is 101 cm³/mol. The average molecular weight is 353 g/mol. The van der Waals surface area contributed by atoms with Crippen molar-refractivity contribution in [3.05, 3.63) is 47.7 Å². The monoisotopic (exact) mass is 353 g/mol. The number of anilines is 2. The zero-order valence-corrected chi connectivity index (χ0v) is 15.3. The number of hydrogen-bond donors (Lipinski definition) is 1. The van der Waals surface area contributed by atoms with Gasteiger partial charge in [-0.05, 0) is 56.5 Å². The molecule has 0 saturated heterocycles. The second-order valence-corrected chi connectivity index (χ2v) is 6.62. The van der Waals surface area contributed by atoms with Crippen LogP contribution in [0.1, 0.15) is 43.1 Å². The standard InChI is InChI=1S/C20H23N3O3/c1-13(2)26-19-9-6-16(12-21-19)20(25)22-17-7-8-18-15(11-17)5-4-10-23(18)14(3)24/h6-9,11-13H,4-5,10H2,1-3H3,(H,22,25). The van der Waals surface area contributed by atoms with Gasteiger partial charge in [-0.1, -0.05) is 0 Å². The maximum absolute atomic E-state index is 12.4. The lowest BCUT2D eigenvalue weighted by Gasteiger charge is -2.29. The molecule has 0 saturated carbocycles. The van der Waals surface area contributed by atoms with Gasteiger partial charge in [0, 0.05) is 37.1 Å². The van der Waals surface area contributed by atoms with E-state index >= 15 is 0 Å². The Morgan fingerprint density at radius 1 is 1.23 bits per heavy atom. The summed E-state index contributed by atoms with van der Waals surface area (Å²) in [5, 5.41) is 2.89. The van der Waals surface area contributed by atoms with E-state index in [1.54, 1.807) is 24.0 Å². The van der Waals surface area contributed by atoms with Crippen LogP contribution in [0.3, 0.4) is 0 Å². The van der Waals surface area contributed by atoms with Crippen molar-refractivity contribution in [1.29, 1.82) is 0 Å². The molecule has 1 aliphatic rings. The van der Waals surface area contributed by atoms with E-state index in [1.165, 1.54) is 6.20 Å². The summed E-state index contributed by atoms with van der Waals surface area (Å²) in [6, 6.07) is 9.03. The number of rotatable bonds is 4. The number of pyridine rings is 1. The number of nitrogens with one attached hydrogen (secondary N) is 1. The predicted octanol–water partition coefficient (Wildman–Crippen LogP) is 3.42. The van der Waals surface area contributed by atoms with E-state index in [-0.39, 0.29) is 17.9 Å². The molecule has 0 spiro atoms. The summed E-state index contributed by atoms with van der Waals surface area (Å²) >= 11 is 0. The second kappa shape index (κ2) is 7.56. The molecule has 2 heterocycles. The first-order valence-electron chi connectivity index (χ1n) is 8.79. The summed E-state index contributed by atoms with van der Waals surface area (Å²) in [6.07, 6.45) is 3.35. The first-order valence-corrected chi connectivity index (χ1v) is 8.79. The SMILES string of the molecule is CC(=O)N1CCCc2cc(NC(=O)c3ccc(OC(C)C)nc3)ccc21. The van der Waals surface area contributed by atoms with Crippen LogP contribution in [-0.2, 0) is 11.2 Å². The lowest BCUT2D eigenvalue weighted by molar-refractivity contribution is -0.116. The van der Waals surface area contributed by atoms with Crippen molar-refractivity contribution in [1.82, 2.24) is 4.98 Å². The van der Waals surface area contributed by atoms with Crippen molar-refractivity contribution in [2.45, 2.75) is 39.7 Å². The number of ether oxygens (including phenoxy) is 1. The van der Waals surface area contributed by atoms with E-state index in [9.17, 15) is 9.59 Å². The Balaban J connectivity index is 1.73. The number of aryl methyl sites for hydroxylation is 1. The van der Waals surface area contributed by atoms with Crippen LogP contribution >= 0.6 is 0 Å². The third-order valence-corrected chi connectivity index (χ3v) is 4.19. The van der Waals surface area contributed by atoms with Crippen molar-refractivity contribution in [3.8, 4) is 5.88 Å². The molecule has 0 fully saturated rings. The summed E-state index contributed by atoms with van der Waals surface area (Å²) < 4.78 is 5.48. The Morgan fingerprint density at radius 2 is 2.04 bits per heavy atom. The van der Waals surface area contributed by atoms with Gasteiger partial charge < -0.3 is 15.0 Å². The Bertz CT molecular complexity index is 816. The van der Waals surface area contributed by atoms with Crippen LogP contribution in [-0.4, -0.2) is 29.4 Å². The quantitative estimate of drug-likeness (QED) is 0.914. The molecule has 0 aliphatic carbocycles. The highest BCUT2D eigenvalue weighted by Gasteiger charge is 2.20. The van der Waals surface area contributed by atoms with Crippen LogP contribution in [0.25, 0.3) is 0 Å². The summed E-state index contributed by atoms with van der Waals surface area (Å²) in [5.74, 6) is 0.306. The summed E-state index contributed by atoms with van der Waals surface area (Å²) in [6.45, 7) is 6.16. The van der Waals surface area contributed by atoms with Crippen LogP contribution < -0.4 is 15.0 Å². The van der Waals surface area contributed by atoms with E-state index in [4.69, 9.17) is 4.74 Å². The molecule has 3 rings (SSSR count). The van der Waals surface area contributed by atoms with Crippen molar-refractivity contribution in [2.75, 3.05) is 16.8 Å². The first kappa shape index (κ1) is 17.9. The molecule has 2 aromatic rings. The summed E-state index contributed by atoms with van der Waals surface area (Å²) in [4.78, 5) is 30.1. The Labute approximate surface area is 153 Å². The minimum absolute atomic E-state index is 0.0345. The summed E-state index contributed by atoms with van der Waals surface area (Å²) in [5.41, 5.74) is 3.17. The van der Waals surface area contributed by atoms with Gasteiger partial charge in [0.25, 0.3) is 5.91 Å². The van der Waals surface area contributed by atoms with Crippen LogP contribution in [0.4, 0.5) is 11.4 Å². The van der Waals surface area contributed by atoms with Crippen molar-refractivity contribution in [2.24, 2.45) is 0 Å². The molecule has 0 atom stereocenters. The number of carbonyl (C=O) groups excluding carboxylic acids is 2. The van der Waals surface area contributed by atoms with Crippen molar-refractivity contribution >= 4 is 23.2 Å². The van der Waals surface area contributed by atoms with Crippen LogP contribution in [0, 0.1) is 0 Å². The Kier molecular flexibility index (Phi) is 5.21. The van der Waals surface area contributed by atoms with Crippen molar-refractivity contribution in [3.63, 3.8) is 0 Å². The highest BCUT2D eigenvalue weighted by molar-refractivity contribution is 6.04. The molecule has 6 heteroatoms. The van der Waals surface area contributed by atoms with Crippen LogP contribution in [0.5, 0.6) is 5.88 Å². The summed E-state index contributed by atoms with van der Waals surface area (Å²) in [7, 11) is 0. The molecule has 6 nitrogen and oxygen atoms in total. The molecule has 136 valence electrons. The molecule has 1 N–H and O–H groups in total. The molecule has 2 amide bonds. The maximum atomic E-state index is 12.4. The van der Waals surface area contributed by atoms with Gasteiger partial charge in [-0.3, -0.25) is 9.59 Å². The molecule has 0 radical (unpaired) electrons. The van der Waals surface area contributed by atoms with Gasteiger partial charge in [-0.25, -0.2) is 4.98 Å². The number of fused-ring (bicyclic) bond motifs is 1. The third kappa shape index (κ3) is 4.02. The lowest BCUT2D eigenvalue weighted by atomic mass is 10.0. The number of hydrogen-bond acceptors (Lipinski definition) is 4. The fourth-order valence-electron chi connectivity index (χ4n) is 3.03. The number of nitrogens with zero attached hydrogens (tertiary/aromatic N) is 2. The number of aromatic nitrogens is 1. The van der Waals surface area contributed by atoms with Gasteiger partial charge in [-0.2, -0.15) is 0 Å². The topological polar surface area (TPSA) is 71.5 Å². The van der Waals surface area contributed by atoms with Crippen molar-refractivity contribution < 1.29 is 14.3 Å². The molecule has 0 unspecified atom stereocenters. The minimum Gasteiger partial charge on any atom is -0.475 e. The van der Waals surface area contributed by atoms with Gasteiger partial charge in [0.2, 0.25) is 11.8 Å². The van der Waals surface area contributed by atoms with E-state index in [0.29, 0.717) is 17.1 Å². The van der Waals surface area contributed by atoms with E-state index in [0.717, 1.165) is 30.6 Å². The van der Waals surface area contributed by atoms with Crippen LogP contribution in [0.2, 0.25) is 0 Å². The molecule has 1 aromatic carbocycles. The number of carbonyl (C=O) groups is 2. The van der Waals surface area contributed by atoms with Gasteiger partial charge in [-0.15, -0.1) is 0 Å². The van der Waals surface area contributed by atoms with E-state index in [1.807, 2.05) is 32.0 Å². The molecule has 1 aromatic heterocycles. The van der Waals surface area contributed by atoms with Gasteiger partial charge in [0.1, 0.15) is 0 Å². The highest BCUT2D eigenvalue weighted by Crippen LogP contribution is 2.30. The lowest BCUT2D eigenvalue weighted by Crippen LogP contribution is -2.33. The number of amides is 2. The average Bonchev–Trinajstić information content (AvgIpc) is 2.61. The normalized spacial score (nSPS) is 13.3. The zero-order chi connectivity index (χ0) is 18.7. The minimum atomic E-state index is -0.229. The molecule has 26 heavy (non-hydrogen) atoms. The van der Waals surface area contributed by atoms with Gasteiger partial charge in [0.15, 0.2) is 0 Å². The smallest absolute Gasteiger partial charge is 0.257 e. The maximum Gasteiger partial charge on any atom is 0.257 e. The van der Waals surface area contributed by atoms with E-state index in [2.05, 4.69) is 10.3 Å². The zero-order valence-electron chi connectivity index (χ0n) is 15.3. The fourth-order valence-corrected chi connectivity index (χ4v) is 3.03. The first-order chi connectivity index (χ1) is 12.4. The molecular weight excluding hydrogens is 330 g/mol. The molecular formula is C20H23N3O3. The molecule has 1 aliphatic heterocycles. The largest absolute Gasteiger partial charge is 0.475 e. The molecule has 0 bridgehead atoms. The fraction of sp³-hybridized carbons (Fsp3) is 0.350. The van der Waals surface area contributed by atoms with Gasteiger partial charge >= 0.3 is 0 Å². The van der Waals surface area contributed by atoms with Crippen LogP contribution in [0.15, 0.2) is 36.5 Å². The number of benzene rings is 1. The Morgan fingerprint density at radius 3 is 2.69 bits per heavy atom. The van der Waals surface area contributed by atoms with E-state index < -0.39 is 0 Å². The Hall–Kier alpha value is -2.89.